The highest BCUT2D eigenvalue weighted by molar-refractivity contribution is 5.93. The van der Waals surface area contributed by atoms with E-state index in [4.69, 9.17) is 4.74 Å². The Balaban J connectivity index is 1.35. The lowest BCUT2D eigenvalue weighted by Gasteiger charge is -2.34. The van der Waals surface area contributed by atoms with Gasteiger partial charge in [-0.2, -0.15) is 0 Å². The van der Waals surface area contributed by atoms with Gasteiger partial charge in [-0.05, 0) is 75.8 Å². The number of para-hydroxylation sites is 1. The first kappa shape index (κ1) is 23.4. The summed E-state index contributed by atoms with van der Waals surface area (Å²) in [5.74, 6) is 1.35. The zero-order valence-electron chi connectivity index (χ0n) is 22.2. The monoisotopic (exact) mass is 527 g/mol. The third-order valence-electron chi connectivity index (χ3n) is 7.87. The zero-order chi connectivity index (χ0) is 27.2. The second-order valence-electron chi connectivity index (χ2n) is 10.3. The molecule has 41 heavy (non-hydrogen) atoms. The summed E-state index contributed by atoms with van der Waals surface area (Å²) in [6.07, 6.45) is 8.04. The number of benzene rings is 4. The summed E-state index contributed by atoms with van der Waals surface area (Å²) in [6, 6.07) is 42.1. The van der Waals surface area contributed by atoms with Gasteiger partial charge < -0.3 is 9.64 Å². The molecule has 4 heteroatoms. The molecule has 3 heterocycles. The first-order valence-corrected chi connectivity index (χ1v) is 13.8. The maximum absolute atomic E-state index is 6.23. The van der Waals surface area contributed by atoms with Crippen LogP contribution in [0, 0.1) is 0 Å². The van der Waals surface area contributed by atoms with Gasteiger partial charge in [-0.1, -0.05) is 84.9 Å². The summed E-state index contributed by atoms with van der Waals surface area (Å²) in [5, 5.41) is 0. The van der Waals surface area contributed by atoms with Crippen LogP contribution in [0.1, 0.15) is 28.3 Å². The van der Waals surface area contributed by atoms with E-state index in [9.17, 15) is 0 Å². The van der Waals surface area contributed by atoms with Crippen LogP contribution >= 0.6 is 0 Å². The molecule has 1 atom stereocenters. The number of anilines is 2. The van der Waals surface area contributed by atoms with E-state index in [1.54, 1.807) is 6.20 Å². The van der Waals surface area contributed by atoms with Crippen LogP contribution in [0.2, 0.25) is 0 Å². The molecule has 0 fully saturated rings. The molecule has 194 valence electrons. The Morgan fingerprint density at radius 1 is 0.561 bits per heavy atom. The second kappa shape index (κ2) is 9.61. The molecule has 0 saturated carbocycles. The third-order valence-corrected chi connectivity index (χ3v) is 7.87. The van der Waals surface area contributed by atoms with Crippen LogP contribution in [0.15, 0.2) is 134 Å². The smallest absolute Gasteiger partial charge is 0.219 e. The molecular formula is C37H25N3O. The first-order valence-electron chi connectivity index (χ1n) is 13.8. The molecular weight excluding hydrogens is 502 g/mol. The number of ether oxygens (including phenoxy) is 1. The number of aromatic nitrogens is 2. The lowest BCUT2D eigenvalue weighted by atomic mass is 9.98. The number of nitrogens with zero attached hydrogens (tertiary/aromatic N) is 3. The van der Waals surface area contributed by atoms with Crippen LogP contribution in [0.3, 0.4) is 0 Å². The molecule has 0 bridgehead atoms. The summed E-state index contributed by atoms with van der Waals surface area (Å²) in [7, 11) is 0. The highest BCUT2D eigenvalue weighted by Crippen LogP contribution is 2.53. The highest BCUT2D eigenvalue weighted by atomic mass is 16.5. The highest BCUT2D eigenvalue weighted by Gasteiger charge is 2.36. The average Bonchev–Trinajstić information content (AvgIpc) is 3.25. The minimum absolute atomic E-state index is 0.0627. The van der Waals surface area contributed by atoms with Gasteiger partial charge in [0.2, 0.25) is 5.88 Å². The number of hydrogen-bond acceptors (Lipinski definition) is 4. The quantitative estimate of drug-likeness (QED) is 0.229. The van der Waals surface area contributed by atoms with Crippen molar-refractivity contribution in [3.8, 4) is 34.0 Å². The van der Waals surface area contributed by atoms with E-state index >= 15 is 0 Å². The Kier molecular flexibility index (Phi) is 5.49. The minimum atomic E-state index is -0.0627. The maximum atomic E-state index is 6.23. The Hall–Kier alpha value is -5.48. The molecule has 2 aromatic heterocycles. The van der Waals surface area contributed by atoms with Crippen LogP contribution in [0.4, 0.5) is 11.4 Å². The standard InChI is InChI=1S/C37H25N3O/c1-4-13-34-25(9-1)15-16-26-17-18-27(33-12-5-7-21-38-33)23-35(26)40(34)37-31-11-3-2-10-29(31)30-20-19-28(24-32(30)37)41-36-14-6-8-22-39-36/h1-24,37H. The van der Waals surface area contributed by atoms with Gasteiger partial charge in [0.05, 0.1) is 11.7 Å². The molecule has 1 aliphatic carbocycles. The van der Waals surface area contributed by atoms with Gasteiger partial charge in [0.1, 0.15) is 5.75 Å². The van der Waals surface area contributed by atoms with Gasteiger partial charge in [-0.15, -0.1) is 0 Å². The molecule has 4 nitrogen and oxygen atoms in total. The Morgan fingerprint density at radius 3 is 2.17 bits per heavy atom. The number of hydrogen-bond donors (Lipinski definition) is 0. The summed E-state index contributed by atoms with van der Waals surface area (Å²) in [6.45, 7) is 0. The molecule has 1 unspecified atom stereocenters. The lowest BCUT2D eigenvalue weighted by Crippen LogP contribution is -2.24. The molecule has 0 saturated heterocycles. The molecule has 0 spiro atoms. The fourth-order valence-electron chi connectivity index (χ4n) is 6.05. The van der Waals surface area contributed by atoms with Crippen molar-refractivity contribution in [3.05, 3.63) is 156 Å². The zero-order valence-corrected chi connectivity index (χ0v) is 22.2. The van der Waals surface area contributed by atoms with Crippen molar-refractivity contribution >= 4 is 23.5 Å². The molecule has 0 N–H and O–H groups in total. The maximum Gasteiger partial charge on any atom is 0.219 e. The Labute approximate surface area is 238 Å². The average molecular weight is 528 g/mol. The molecule has 8 rings (SSSR count). The van der Waals surface area contributed by atoms with Crippen molar-refractivity contribution in [1.29, 1.82) is 0 Å². The number of pyridine rings is 2. The van der Waals surface area contributed by atoms with Crippen molar-refractivity contribution in [2.24, 2.45) is 0 Å². The molecule has 2 aliphatic rings. The Bertz CT molecular complexity index is 1930. The van der Waals surface area contributed by atoms with Gasteiger partial charge in [0.25, 0.3) is 0 Å². The Morgan fingerprint density at radius 2 is 1.32 bits per heavy atom. The fourth-order valence-corrected chi connectivity index (χ4v) is 6.05. The van der Waals surface area contributed by atoms with E-state index in [1.807, 2.05) is 42.6 Å². The van der Waals surface area contributed by atoms with Gasteiger partial charge >= 0.3 is 0 Å². The first-order chi connectivity index (χ1) is 20.3. The minimum Gasteiger partial charge on any atom is -0.439 e. The van der Waals surface area contributed by atoms with E-state index in [1.165, 1.54) is 27.8 Å². The van der Waals surface area contributed by atoms with Gasteiger partial charge in [0.15, 0.2) is 0 Å². The second-order valence-corrected chi connectivity index (χ2v) is 10.3. The van der Waals surface area contributed by atoms with Crippen LogP contribution in [-0.2, 0) is 0 Å². The molecule has 6 aromatic rings. The van der Waals surface area contributed by atoms with Crippen LogP contribution in [0.5, 0.6) is 11.6 Å². The van der Waals surface area contributed by atoms with E-state index in [2.05, 4.69) is 112 Å². The molecule has 4 aromatic carbocycles. The van der Waals surface area contributed by atoms with Crippen LogP contribution in [-0.4, -0.2) is 9.97 Å². The topological polar surface area (TPSA) is 38.2 Å². The van der Waals surface area contributed by atoms with Crippen molar-refractivity contribution in [3.63, 3.8) is 0 Å². The summed E-state index contributed by atoms with van der Waals surface area (Å²) in [5.41, 5.74) is 11.6. The fraction of sp³-hybridized carbons (Fsp3) is 0.0270. The number of fused-ring (bicyclic) bond motifs is 5. The van der Waals surface area contributed by atoms with Gasteiger partial charge in [-0.25, -0.2) is 4.98 Å². The summed E-state index contributed by atoms with van der Waals surface area (Å²) >= 11 is 0. The molecule has 1 aliphatic heterocycles. The lowest BCUT2D eigenvalue weighted by molar-refractivity contribution is 0.462. The predicted octanol–water partition coefficient (Wildman–Crippen LogP) is 9.33. The van der Waals surface area contributed by atoms with Crippen LogP contribution < -0.4 is 9.64 Å². The van der Waals surface area contributed by atoms with Crippen molar-refractivity contribution in [2.75, 3.05) is 4.90 Å². The van der Waals surface area contributed by atoms with Crippen molar-refractivity contribution in [2.45, 2.75) is 6.04 Å². The van der Waals surface area contributed by atoms with Gasteiger partial charge in [-0.3, -0.25) is 4.98 Å². The van der Waals surface area contributed by atoms with E-state index in [-0.39, 0.29) is 6.04 Å². The normalized spacial score (nSPS) is 14.4. The van der Waals surface area contributed by atoms with Crippen LogP contribution in [0.25, 0.3) is 34.5 Å². The van der Waals surface area contributed by atoms with Gasteiger partial charge in [0, 0.05) is 35.4 Å². The molecule has 0 amide bonds. The molecule has 0 radical (unpaired) electrons. The van der Waals surface area contributed by atoms with Crippen molar-refractivity contribution < 1.29 is 4.74 Å². The SMILES string of the molecule is C1=Cc2ccc(-c3ccccn3)cc2N(C2c3ccccc3-c3ccc(Oc4ccccn4)cc32)c2ccccc21. The predicted molar refractivity (Wildman–Crippen MR) is 165 cm³/mol. The van der Waals surface area contributed by atoms with E-state index < -0.39 is 0 Å². The number of rotatable bonds is 4. The van der Waals surface area contributed by atoms with E-state index in [0.717, 1.165) is 33.9 Å². The third kappa shape index (κ3) is 4.00. The summed E-state index contributed by atoms with van der Waals surface area (Å²) in [4.78, 5) is 11.5. The largest absolute Gasteiger partial charge is 0.439 e. The summed E-state index contributed by atoms with van der Waals surface area (Å²) < 4.78 is 6.23. The van der Waals surface area contributed by atoms with E-state index in [0.29, 0.717) is 5.88 Å². The van der Waals surface area contributed by atoms with Crippen molar-refractivity contribution in [1.82, 2.24) is 9.97 Å².